The van der Waals surface area contributed by atoms with Gasteiger partial charge < -0.3 is 10.1 Å². The fourth-order valence-electron chi connectivity index (χ4n) is 2.42. The van der Waals surface area contributed by atoms with Crippen molar-refractivity contribution in [3.05, 3.63) is 65.5 Å². The van der Waals surface area contributed by atoms with E-state index in [1.807, 2.05) is 24.3 Å². The number of fused-ring (bicyclic) bond motifs is 1. The average Bonchev–Trinajstić information content (AvgIpc) is 2.93. The van der Waals surface area contributed by atoms with E-state index >= 15 is 0 Å². The maximum atomic E-state index is 12.8. The molecule has 0 radical (unpaired) electrons. The number of amides is 1. The molecular weight excluding hydrogens is 269 g/mol. The molecule has 0 saturated heterocycles. The van der Waals surface area contributed by atoms with Crippen molar-refractivity contribution >= 4 is 5.91 Å². The van der Waals surface area contributed by atoms with Crippen molar-refractivity contribution < 1.29 is 13.9 Å². The standard InChI is InChI=1S/C17H16FNO2/c18-14-7-5-12(6-8-14)9-10-19-17(20)16-11-13-3-1-2-4-15(13)21-16/h1-8,16H,9-11H2,(H,19,20)/t16-/m0/s1. The lowest BCUT2D eigenvalue weighted by molar-refractivity contribution is -0.127. The van der Waals surface area contributed by atoms with Crippen LogP contribution in [0.15, 0.2) is 48.5 Å². The third-order valence-corrected chi connectivity index (χ3v) is 3.57. The van der Waals surface area contributed by atoms with Crippen LogP contribution in [-0.4, -0.2) is 18.6 Å². The third kappa shape index (κ3) is 3.21. The summed E-state index contributed by atoms with van der Waals surface area (Å²) >= 11 is 0. The summed E-state index contributed by atoms with van der Waals surface area (Å²) in [5.41, 5.74) is 2.06. The average molecular weight is 285 g/mol. The Morgan fingerprint density at radius 1 is 1.19 bits per heavy atom. The zero-order chi connectivity index (χ0) is 14.7. The van der Waals surface area contributed by atoms with E-state index in [0.717, 1.165) is 16.9 Å². The Kier molecular flexibility index (Phi) is 3.86. The number of carbonyl (C=O) groups is 1. The second kappa shape index (κ2) is 5.95. The van der Waals surface area contributed by atoms with E-state index in [2.05, 4.69) is 5.32 Å². The normalized spacial score (nSPS) is 16.1. The van der Waals surface area contributed by atoms with Crippen LogP contribution in [0.3, 0.4) is 0 Å². The molecule has 1 heterocycles. The van der Waals surface area contributed by atoms with E-state index in [9.17, 15) is 9.18 Å². The van der Waals surface area contributed by atoms with Gasteiger partial charge in [0.25, 0.3) is 5.91 Å². The Hall–Kier alpha value is -2.36. The summed E-state index contributed by atoms with van der Waals surface area (Å²) in [4.78, 5) is 12.1. The van der Waals surface area contributed by atoms with Gasteiger partial charge in [0.05, 0.1) is 0 Å². The van der Waals surface area contributed by atoms with Crippen molar-refractivity contribution in [2.24, 2.45) is 0 Å². The molecule has 1 aliphatic rings. The zero-order valence-corrected chi connectivity index (χ0v) is 11.5. The lowest BCUT2D eigenvalue weighted by Gasteiger charge is -2.11. The first-order chi connectivity index (χ1) is 10.2. The van der Waals surface area contributed by atoms with Crippen LogP contribution in [0.25, 0.3) is 0 Å². The number of hydrogen-bond donors (Lipinski definition) is 1. The van der Waals surface area contributed by atoms with Crippen LogP contribution in [-0.2, 0) is 17.6 Å². The van der Waals surface area contributed by atoms with Crippen LogP contribution in [0.5, 0.6) is 5.75 Å². The Morgan fingerprint density at radius 3 is 2.71 bits per heavy atom. The molecule has 21 heavy (non-hydrogen) atoms. The molecule has 0 saturated carbocycles. The molecule has 2 aromatic carbocycles. The Labute approximate surface area is 122 Å². The topological polar surface area (TPSA) is 38.3 Å². The number of carbonyl (C=O) groups excluding carboxylic acids is 1. The molecule has 3 rings (SSSR count). The number of ether oxygens (including phenoxy) is 1. The van der Waals surface area contributed by atoms with Crippen LogP contribution in [0.4, 0.5) is 4.39 Å². The minimum atomic E-state index is -0.449. The van der Waals surface area contributed by atoms with Crippen molar-refractivity contribution in [1.82, 2.24) is 5.32 Å². The number of hydrogen-bond acceptors (Lipinski definition) is 2. The van der Waals surface area contributed by atoms with Gasteiger partial charge in [-0.1, -0.05) is 30.3 Å². The van der Waals surface area contributed by atoms with Gasteiger partial charge in [0.15, 0.2) is 6.10 Å². The smallest absolute Gasteiger partial charge is 0.261 e. The van der Waals surface area contributed by atoms with Gasteiger partial charge in [0.1, 0.15) is 11.6 Å². The first-order valence-corrected chi connectivity index (χ1v) is 6.99. The highest BCUT2D eigenvalue weighted by Crippen LogP contribution is 2.28. The number of rotatable bonds is 4. The van der Waals surface area contributed by atoms with Gasteiger partial charge in [-0.25, -0.2) is 4.39 Å². The van der Waals surface area contributed by atoms with Crippen molar-refractivity contribution in [2.45, 2.75) is 18.9 Å². The number of nitrogens with one attached hydrogen (secondary N) is 1. The zero-order valence-electron chi connectivity index (χ0n) is 11.5. The fourth-order valence-corrected chi connectivity index (χ4v) is 2.42. The quantitative estimate of drug-likeness (QED) is 0.937. The van der Waals surface area contributed by atoms with Crippen LogP contribution in [0, 0.1) is 5.82 Å². The molecule has 0 fully saturated rings. The van der Waals surface area contributed by atoms with Crippen LogP contribution < -0.4 is 10.1 Å². The molecule has 1 atom stereocenters. The predicted octanol–water partition coefficient (Wildman–Crippen LogP) is 2.49. The van der Waals surface area contributed by atoms with E-state index in [1.165, 1.54) is 12.1 Å². The lowest BCUT2D eigenvalue weighted by Crippen LogP contribution is -2.38. The van der Waals surface area contributed by atoms with Crippen LogP contribution in [0.2, 0.25) is 0 Å². The van der Waals surface area contributed by atoms with Crippen LogP contribution in [0.1, 0.15) is 11.1 Å². The molecule has 1 N–H and O–H groups in total. The van der Waals surface area contributed by atoms with Gasteiger partial charge in [-0.2, -0.15) is 0 Å². The highest BCUT2D eigenvalue weighted by molar-refractivity contribution is 5.82. The van der Waals surface area contributed by atoms with Gasteiger partial charge in [0.2, 0.25) is 0 Å². The first-order valence-electron chi connectivity index (χ1n) is 6.99. The third-order valence-electron chi connectivity index (χ3n) is 3.57. The fraction of sp³-hybridized carbons (Fsp3) is 0.235. The minimum absolute atomic E-state index is 0.103. The van der Waals surface area contributed by atoms with Gasteiger partial charge in [-0.15, -0.1) is 0 Å². The molecule has 0 unspecified atom stereocenters. The molecule has 0 aromatic heterocycles. The van der Waals surface area contributed by atoms with E-state index in [1.54, 1.807) is 12.1 Å². The molecule has 3 nitrogen and oxygen atoms in total. The summed E-state index contributed by atoms with van der Waals surface area (Å²) in [6.45, 7) is 0.515. The maximum Gasteiger partial charge on any atom is 0.261 e. The van der Waals surface area contributed by atoms with Crippen molar-refractivity contribution in [3.63, 3.8) is 0 Å². The summed E-state index contributed by atoms with van der Waals surface area (Å²) in [5, 5.41) is 2.86. The molecule has 2 aromatic rings. The Balaban J connectivity index is 1.48. The monoisotopic (exact) mass is 285 g/mol. The lowest BCUT2D eigenvalue weighted by atomic mass is 10.1. The highest BCUT2D eigenvalue weighted by atomic mass is 19.1. The second-order valence-electron chi connectivity index (χ2n) is 5.09. The maximum absolute atomic E-state index is 12.8. The largest absolute Gasteiger partial charge is 0.480 e. The summed E-state index contributed by atoms with van der Waals surface area (Å²) in [6.07, 6.45) is 0.833. The summed E-state index contributed by atoms with van der Waals surface area (Å²) in [6, 6.07) is 14.0. The number of para-hydroxylation sites is 1. The molecule has 1 aliphatic heterocycles. The minimum Gasteiger partial charge on any atom is -0.480 e. The summed E-state index contributed by atoms with van der Waals surface area (Å²) < 4.78 is 18.4. The molecule has 0 spiro atoms. The predicted molar refractivity (Wildman–Crippen MR) is 77.7 cm³/mol. The van der Waals surface area contributed by atoms with E-state index in [-0.39, 0.29) is 11.7 Å². The summed E-state index contributed by atoms with van der Waals surface area (Å²) in [5.74, 6) is 0.435. The van der Waals surface area contributed by atoms with Crippen molar-refractivity contribution in [1.29, 1.82) is 0 Å². The van der Waals surface area contributed by atoms with Gasteiger partial charge >= 0.3 is 0 Å². The summed E-state index contributed by atoms with van der Waals surface area (Å²) in [7, 11) is 0. The van der Waals surface area contributed by atoms with Crippen molar-refractivity contribution in [3.8, 4) is 5.75 Å². The molecule has 1 amide bonds. The molecular formula is C17H16FNO2. The number of benzene rings is 2. The second-order valence-corrected chi connectivity index (χ2v) is 5.09. The molecule has 108 valence electrons. The van der Waals surface area contributed by atoms with Crippen molar-refractivity contribution in [2.75, 3.05) is 6.54 Å². The highest BCUT2D eigenvalue weighted by Gasteiger charge is 2.28. The molecule has 4 heteroatoms. The Morgan fingerprint density at radius 2 is 1.95 bits per heavy atom. The van der Waals surface area contributed by atoms with E-state index in [4.69, 9.17) is 4.74 Å². The van der Waals surface area contributed by atoms with E-state index in [0.29, 0.717) is 19.4 Å². The molecule has 0 bridgehead atoms. The molecule has 0 aliphatic carbocycles. The number of halogens is 1. The van der Waals surface area contributed by atoms with E-state index < -0.39 is 6.10 Å². The van der Waals surface area contributed by atoms with Gasteiger partial charge in [-0.05, 0) is 35.7 Å². The Bertz CT molecular complexity index is 614. The van der Waals surface area contributed by atoms with Crippen LogP contribution >= 0.6 is 0 Å². The van der Waals surface area contributed by atoms with Gasteiger partial charge in [-0.3, -0.25) is 4.79 Å². The van der Waals surface area contributed by atoms with Gasteiger partial charge in [0, 0.05) is 13.0 Å². The SMILES string of the molecule is O=C(NCCc1ccc(F)cc1)[C@@H]1Cc2ccccc2O1. The first kappa shape index (κ1) is 13.6.